The molecule has 2 aromatic carbocycles. The number of amides is 1. The highest BCUT2D eigenvalue weighted by Crippen LogP contribution is 2.32. The molecule has 138 valence electrons. The second-order valence-electron chi connectivity index (χ2n) is 7.08. The lowest BCUT2D eigenvalue weighted by molar-refractivity contribution is -0.130. The van der Waals surface area contributed by atoms with Crippen LogP contribution in [0.1, 0.15) is 24.5 Å². The first-order valence-corrected chi connectivity index (χ1v) is 10.5. The van der Waals surface area contributed by atoms with Crippen molar-refractivity contribution in [2.45, 2.75) is 25.3 Å². The van der Waals surface area contributed by atoms with Crippen LogP contribution in [0.4, 0.5) is 0 Å². The maximum Gasteiger partial charge on any atom is 0.231 e. The van der Waals surface area contributed by atoms with Gasteiger partial charge in [0.15, 0.2) is 5.96 Å². The zero-order valence-electron chi connectivity index (χ0n) is 15.0. The average Bonchev–Trinajstić information content (AvgIpc) is 3.10. The van der Waals surface area contributed by atoms with Crippen molar-refractivity contribution in [2.75, 3.05) is 6.54 Å². The predicted molar refractivity (Wildman–Crippen MR) is 114 cm³/mol. The van der Waals surface area contributed by atoms with Gasteiger partial charge >= 0.3 is 0 Å². The number of halogens is 1. The first-order chi connectivity index (χ1) is 12.9. The number of thiophene rings is 1. The third-order valence-corrected chi connectivity index (χ3v) is 6.52. The summed E-state index contributed by atoms with van der Waals surface area (Å²) in [6.45, 7) is 2.50. The Kier molecular flexibility index (Phi) is 4.78. The molecule has 6 heteroatoms. The number of nitrogens with one attached hydrogen (secondary N) is 2. The normalized spacial score (nSPS) is 20.1. The summed E-state index contributed by atoms with van der Waals surface area (Å²) < 4.78 is 2.27. The number of hydrogen-bond acceptors (Lipinski definition) is 3. The van der Waals surface area contributed by atoms with Crippen molar-refractivity contribution in [2.24, 2.45) is 0 Å². The Morgan fingerprint density at radius 3 is 2.74 bits per heavy atom. The van der Waals surface area contributed by atoms with Crippen molar-refractivity contribution >= 4 is 49.2 Å². The van der Waals surface area contributed by atoms with Crippen LogP contribution in [0.3, 0.4) is 0 Å². The number of guanidine groups is 1. The van der Waals surface area contributed by atoms with Crippen LogP contribution in [-0.4, -0.2) is 23.3 Å². The van der Waals surface area contributed by atoms with Crippen molar-refractivity contribution in [3.05, 3.63) is 69.5 Å². The molecule has 0 saturated carbocycles. The lowest BCUT2D eigenvalue weighted by Gasteiger charge is -2.41. The van der Waals surface area contributed by atoms with Crippen molar-refractivity contribution < 1.29 is 4.79 Å². The Bertz CT molecular complexity index is 994. The summed E-state index contributed by atoms with van der Waals surface area (Å²) in [5, 5.41) is 14.9. The van der Waals surface area contributed by atoms with Crippen LogP contribution in [0.15, 0.2) is 58.4 Å². The number of hydrogen-bond donors (Lipinski definition) is 2. The summed E-state index contributed by atoms with van der Waals surface area (Å²) in [6.07, 6.45) is 1.06. The highest BCUT2D eigenvalue weighted by molar-refractivity contribution is 9.10. The zero-order chi connectivity index (χ0) is 19.0. The Labute approximate surface area is 170 Å². The van der Waals surface area contributed by atoms with Gasteiger partial charge in [-0.05, 0) is 65.6 Å². The maximum atomic E-state index is 12.8. The van der Waals surface area contributed by atoms with Crippen LogP contribution in [0.5, 0.6) is 0 Å². The predicted octanol–water partition coefficient (Wildman–Crippen LogP) is 4.88. The van der Waals surface area contributed by atoms with E-state index in [2.05, 4.69) is 50.9 Å². The van der Waals surface area contributed by atoms with Crippen molar-refractivity contribution in [3.8, 4) is 0 Å². The standard InChI is InChI=1S/C21H20BrN3OS/c1-21(16-4-7-18-15(12-16)9-11-27-18)13-19(26)25(20(23)24-21)10-8-14-2-5-17(22)6-3-14/h2-7,9,11-12H,8,10,13H2,1H3,(H2,23,24)/t21-/m0/s1. The number of benzene rings is 2. The van der Waals surface area contributed by atoms with Crippen LogP contribution in [0, 0.1) is 5.41 Å². The Morgan fingerprint density at radius 1 is 1.22 bits per heavy atom. The molecule has 0 spiro atoms. The molecule has 1 amide bonds. The highest BCUT2D eigenvalue weighted by atomic mass is 79.9. The molecule has 0 unspecified atom stereocenters. The molecule has 1 atom stereocenters. The number of rotatable bonds is 4. The van der Waals surface area contributed by atoms with Gasteiger partial charge in [0.05, 0.1) is 12.0 Å². The van der Waals surface area contributed by atoms with E-state index in [0.717, 1.165) is 22.0 Å². The molecule has 1 fully saturated rings. The molecule has 1 aliphatic rings. The van der Waals surface area contributed by atoms with E-state index in [1.54, 1.807) is 16.2 Å². The largest absolute Gasteiger partial charge is 0.346 e. The van der Waals surface area contributed by atoms with E-state index in [4.69, 9.17) is 5.41 Å². The van der Waals surface area contributed by atoms with Gasteiger partial charge in [0.1, 0.15) is 0 Å². The molecule has 27 heavy (non-hydrogen) atoms. The van der Waals surface area contributed by atoms with Gasteiger partial charge in [0.25, 0.3) is 0 Å². The molecule has 2 heterocycles. The van der Waals surface area contributed by atoms with E-state index in [1.807, 2.05) is 31.2 Å². The minimum atomic E-state index is -0.557. The molecule has 4 nitrogen and oxygen atoms in total. The molecular formula is C21H20BrN3OS. The summed E-state index contributed by atoms with van der Waals surface area (Å²) in [6, 6.07) is 16.4. The summed E-state index contributed by atoms with van der Waals surface area (Å²) in [5.41, 5.74) is 1.63. The van der Waals surface area contributed by atoms with E-state index in [0.29, 0.717) is 13.0 Å². The second kappa shape index (κ2) is 7.09. The van der Waals surface area contributed by atoms with Gasteiger partial charge in [-0.3, -0.25) is 15.1 Å². The third kappa shape index (κ3) is 3.64. The molecular weight excluding hydrogens is 422 g/mol. The SMILES string of the molecule is C[C@@]1(c2ccc3sccc3c2)CC(=O)N(CCc2ccc(Br)cc2)C(=N)N1. The monoisotopic (exact) mass is 441 g/mol. The smallest absolute Gasteiger partial charge is 0.231 e. The molecule has 0 aliphatic carbocycles. The van der Waals surface area contributed by atoms with E-state index < -0.39 is 5.54 Å². The van der Waals surface area contributed by atoms with Gasteiger partial charge in [0.2, 0.25) is 5.91 Å². The van der Waals surface area contributed by atoms with Crippen LogP contribution in [0.25, 0.3) is 10.1 Å². The highest BCUT2D eigenvalue weighted by Gasteiger charge is 2.39. The maximum absolute atomic E-state index is 12.8. The fourth-order valence-corrected chi connectivity index (χ4v) is 4.54. The second-order valence-corrected chi connectivity index (χ2v) is 8.94. The minimum Gasteiger partial charge on any atom is -0.346 e. The number of nitrogens with zero attached hydrogens (tertiary/aromatic N) is 1. The van der Waals surface area contributed by atoms with Crippen LogP contribution >= 0.6 is 27.3 Å². The summed E-state index contributed by atoms with van der Waals surface area (Å²) in [5.74, 6) is 0.167. The van der Waals surface area contributed by atoms with E-state index >= 15 is 0 Å². The van der Waals surface area contributed by atoms with Crippen LogP contribution in [0.2, 0.25) is 0 Å². The molecule has 2 N–H and O–H groups in total. The zero-order valence-corrected chi connectivity index (χ0v) is 17.4. The lowest BCUT2D eigenvalue weighted by atomic mass is 9.86. The van der Waals surface area contributed by atoms with E-state index in [9.17, 15) is 4.79 Å². The van der Waals surface area contributed by atoms with Crippen LogP contribution < -0.4 is 5.32 Å². The van der Waals surface area contributed by atoms with Gasteiger partial charge in [-0.15, -0.1) is 11.3 Å². The molecule has 1 aromatic heterocycles. The first-order valence-electron chi connectivity index (χ1n) is 8.84. The van der Waals surface area contributed by atoms with E-state index in [-0.39, 0.29) is 11.9 Å². The van der Waals surface area contributed by atoms with Gasteiger partial charge in [-0.2, -0.15) is 0 Å². The summed E-state index contributed by atoms with van der Waals surface area (Å²) >= 11 is 5.14. The molecule has 1 aliphatic heterocycles. The van der Waals surface area contributed by atoms with Gasteiger partial charge in [0, 0.05) is 15.7 Å². The summed E-state index contributed by atoms with van der Waals surface area (Å²) in [7, 11) is 0. The Hall–Kier alpha value is -2.18. The molecule has 4 rings (SSSR count). The number of carbonyl (C=O) groups excluding carboxylic acids is 1. The van der Waals surface area contributed by atoms with Gasteiger partial charge < -0.3 is 5.32 Å². The third-order valence-electron chi connectivity index (χ3n) is 5.10. The van der Waals surface area contributed by atoms with Crippen molar-refractivity contribution in [1.29, 1.82) is 5.41 Å². The molecule has 1 saturated heterocycles. The van der Waals surface area contributed by atoms with Gasteiger partial charge in [-0.25, -0.2) is 0 Å². The fraction of sp³-hybridized carbons (Fsp3) is 0.238. The Balaban J connectivity index is 1.49. The average molecular weight is 442 g/mol. The van der Waals surface area contributed by atoms with E-state index in [1.165, 1.54) is 10.1 Å². The van der Waals surface area contributed by atoms with Crippen LogP contribution in [-0.2, 0) is 16.8 Å². The number of carbonyl (C=O) groups is 1. The Morgan fingerprint density at radius 2 is 2.00 bits per heavy atom. The quantitative estimate of drug-likeness (QED) is 0.605. The molecule has 0 radical (unpaired) electrons. The topological polar surface area (TPSA) is 56.2 Å². The number of fused-ring (bicyclic) bond motifs is 1. The first kappa shape index (κ1) is 18.2. The van der Waals surface area contributed by atoms with Crippen molar-refractivity contribution in [1.82, 2.24) is 10.2 Å². The molecule has 0 bridgehead atoms. The van der Waals surface area contributed by atoms with Gasteiger partial charge in [-0.1, -0.05) is 34.1 Å². The summed E-state index contributed by atoms with van der Waals surface area (Å²) in [4.78, 5) is 14.4. The fourth-order valence-electron chi connectivity index (χ4n) is 3.51. The van der Waals surface area contributed by atoms with Crippen molar-refractivity contribution in [3.63, 3.8) is 0 Å². The molecule has 3 aromatic rings. The lowest BCUT2D eigenvalue weighted by Crippen LogP contribution is -2.59. The minimum absolute atomic E-state index is 0.0104.